The van der Waals surface area contributed by atoms with Crippen LogP contribution in [0.1, 0.15) is 41.5 Å². The summed E-state index contributed by atoms with van der Waals surface area (Å²) in [6.45, 7) is 7.40. The Balaban J connectivity index is 1.75. The molecule has 0 amide bonds. The van der Waals surface area contributed by atoms with Gasteiger partial charge in [-0.05, 0) is 26.7 Å². The standard InChI is InChI=1S/C13H19N5O/c1-8-12(6-14-11-4-5-11)9(2)18(16-8)7-13-15-10(3)19-17-13/h11,14H,4-7H2,1-3H3. The molecule has 2 heterocycles. The first-order valence-corrected chi connectivity index (χ1v) is 6.69. The minimum absolute atomic E-state index is 0.563. The topological polar surface area (TPSA) is 68.8 Å². The number of hydrogen-bond acceptors (Lipinski definition) is 5. The van der Waals surface area contributed by atoms with E-state index >= 15 is 0 Å². The molecular formula is C13H19N5O. The van der Waals surface area contributed by atoms with Crippen molar-refractivity contribution in [2.24, 2.45) is 0 Å². The molecule has 0 aliphatic heterocycles. The van der Waals surface area contributed by atoms with Crippen molar-refractivity contribution in [1.82, 2.24) is 25.2 Å². The Morgan fingerprint density at radius 2 is 2.11 bits per heavy atom. The fourth-order valence-electron chi connectivity index (χ4n) is 2.22. The van der Waals surface area contributed by atoms with Crippen LogP contribution in [0.2, 0.25) is 0 Å². The van der Waals surface area contributed by atoms with E-state index in [0.717, 1.165) is 12.2 Å². The fraction of sp³-hybridized carbons (Fsp3) is 0.615. The smallest absolute Gasteiger partial charge is 0.223 e. The number of hydrogen-bond donors (Lipinski definition) is 1. The summed E-state index contributed by atoms with van der Waals surface area (Å²) in [6.07, 6.45) is 2.60. The van der Waals surface area contributed by atoms with Crippen LogP contribution < -0.4 is 5.32 Å². The first-order valence-electron chi connectivity index (χ1n) is 6.69. The van der Waals surface area contributed by atoms with Gasteiger partial charge in [0.2, 0.25) is 5.89 Å². The van der Waals surface area contributed by atoms with E-state index in [2.05, 4.69) is 34.4 Å². The number of rotatable bonds is 5. The van der Waals surface area contributed by atoms with Crippen LogP contribution in [0.15, 0.2) is 4.52 Å². The lowest BCUT2D eigenvalue weighted by atomic mass is 10.2. The van der Waals surface area contributed by atoms with Gasteiger partial charge in [-0.15, -0.1) is 0 Å². The maximum absolute atomic E-state index is 4.99. The second-order valence-electron chi connectivity index (χ2n) is 5.19. The summed E-state index contributed by atoms with van der Waals surface area (Å²) in [5, 5.41) is 12.0. The molecule has 6 nitrogen and oxygen atoms in total. The van der Waals surface area contributed by atoms with Crippen LogP contribution in [0.3, 0.4) is 0 Å². The maximum Gasteiger partial charge on any atom is 0.223 e. The van der Waals surface area contributed by atoms with E-state index in [9.17, 15) is 0 Å². The van der Waals surface area contributed by atoms with E-state index in [1.807, 2.05) is 4.68 Å². The normalized spacial score (nSPS) is 15.1. The van der Waals surface area contributed by atoms with Gasteiger partial charge in [-0.1, -0.05) is 5.16 Å². The molecule has 0 bridgehead atoms. The zero-order chi connectivity index (χ0) is 13.4. The van der Waals surface area contributed by atoms with Crippen molar-refractivity contribution in [2.45, 2.75) is 52.7 Å². The molecule has 6 heteroatoms. The molecular weight excluding hydrogens is 242 g/mol. The first-order chi connectivity index (χ1) is 9.13. The van der Waals surface area contributed by atoms with E-state index in [1.165, 1.54) is 24.1 Å². The molecule has 0 atom stereocenters. The van der Waals surface area contributed by atoms with Gasteiger partial charge in [0.05, 0.1) is 5.69 Å². The fourth-order valence-corrected chi connectivity index (χ4v) is 2.22. The molecule has 1 N–H and O–H groups in total. The zero-order valence-electron chi connectivity index (χ0n) is 11.6. The van der Waals surface area contributed by atoms with Gasteiger partial charge in [-0.25, -0.2) is 0 Å². The lowest BCUT2D eigenvalue weighted by Crippen LogP contribution is -2.16. The summed E-state index contributed by atoms with van der Waals surface area (Å²) < 4.78 is 6.93. The van der Waals surface area contributed by atoms with E-state index < -0.39 is 0 Å². The quantitative estimate of drug-likeness (QED) is 0.883. The zero-order valence-corrected chi connectivity index (χ0v) is 11.6. The third kappa shape index (κ3) is 2.68. The van der Waals surface area contributed by atoms with Crippen LogP contribution in [0, 0.1) is 20.8 Å². The van der Waals surface area contributed by atoms with E-state index in [0.29, 0.717) is 24.3 Å². The highest BCUT2D eigenvalue weighted by molar-refractivity contribution is 5.25. The molecule has 3 rings (SSSR count). The van der Waals surface area contributed by atoms with Crippen molar-refractivity contribution >= 4 is 0 Å². The molecule has 1 aliphatic rings. The molecule has 1 aliphatic carbocycles. The van der Waals surface area contributed by atoms with Crippen molar-refractivity contribution in [3.05, 3.63) is 28.7 Å². The van der Waals surface area contributed by atoms with Gasteiger partial charge >= 0.3 is 0 Å². The van der Waals surface area contributed by atoms with Gasteiger partial charge in [0.15, 0.2) is 5.82 Å². The molecule has 1 fully saturated rings. The third-order valence-electron chi connectivity index (χ3n) is 3.54. The third-order valence-corrected chi connectivity index (χ3v) is 3.54. The summed E-state index contributed by atoms with van der Waals surface area (Å²) >= 11 is 0. The number of aromatic nitrogens is 4. The molecule has 0 unspecified atom stereocenters. The van der Waals surface area contributed by atoms with E-state index in [4.69, 9.17) is 4.52 Å². The number of nitrogens with one attached hydrogen (secondary N) is 1. The molecule has 0 saturated heterocycles. The largest absolute Gasteiger partial charge is 0.340 e. The lowest BCUT2D eigenvalue weighted by Gasteiger charge is -2.04. The van der Waals surface area contributed by atoms with Gasteiger partial charge in [0, 0.05) is 30.8 Å². The van der Waals surface area contributed by atoms with Gasteiger partial charge in [0.1, 0.15) is 6.54 Å². The van der Waals surface area contributed by atoms with Crippen LogP contribution in [0.25, 0.3) is 0 Å². The van der Waals surface area contributed by atoms with Crippen molar-refractivity contribution in [3.63, 3.8) is 0 Å². The average Bonchev–Trinajstić information content (AvgIpc) is 3.05. The Bertz CT molecular complexity index is 582. The first kappa shape index (κ1) is 12.3. The average molecular weight is 261 g/mol. The summed E-state index contributed by atoms with van der Waals surface area (Å²) in [4.78, 5) is 4.22. The molecule has 2 aromatic heterocycles. The molecule has 19 heavy (non-hydrogen) atoms. The number of aryl methyl sites for hydroxylation is 2. The van der Waals surface area contributed by atoms with Crippen LogP contribution in [0.5, 0.6) is 0 Å². The molecule has 0 radical (unpaired) electrons. The molecule has 0 spiro atoms. The van der Waals surface area contributed by atoms with E-state index in [1.54, 1.807) is 6.92 Å². The predicted molar refractivity (Wildman–Crippen MR) is 69.7 cm³/mol. The molecule has 0 aromatic carbocycles. The summed E-state index contributed by atoms with van der Waals surface area (Å²) in [5.74, 6) is 1.26. The Hall–Kier alpha value is -1.69. The van der Waals surface area contributed by atoms with Gasteiger partial charge in [0.25, 0.3) is 0 Å². The predicted octanol–water partition coefficient (Wildman–Crippen LogP) is 1.49. The summed E-state index contributed by atoms with van der Waals surface area (Å²) in [5.41, 5.74) is 3.53. The van der Waals surface area contributed by atoms with Crippen molar-refractivity contribution in [2.75, 3.05) is 0 Å². The second kappa shape index (κ2) is 4.77. The highest BCUT2D eigenvalue weighted by atomic mass is 16.5. The Kier molecular flexibility index (Phi) is 3.10. The number of nitrogens with zero attached hydrogens (tertiary/aromatic N) is 4. The molecule has 2 aromatic rings. The van der Waals surface area contributed by atoms with Crippen LogP contribution in [-0.2, 0) is 13.1 Å². The van der Waals surface area contributed by atoms with Gasteiger partial charge < -0.3 is 9.84 Å². The summed E-state index contributed by atoms with van der Waals surface area (Å²) in [6, 6.07) is 0.710. The second-order valence-corrected chi connectivity index (χ2v) is 5.19. The monoisotopic (exact) mass is 261 g/mol. The summed E-state index contributed by atoms with van der Waals surface area (Å²) in [7, 11) is 0. The molecule has 1 saturated carbocycles. The van der Waals surface area contributed by atoms with Gasteiger partial charge in [-0.2, -0.15) is 10.1 Å². The van der Waals surface area contributed by atoms with Crippen molar-refractivity contribution < 1.29 is 4.52 Å². The van der Waals surface area contributed by atoms with Crippen LogP contribution in [-0.4, -0.2) is 26.0 Å². The molecule has 102 valence electrons. The van der Waals surface area contributed by atoms with Crippen LogP contribution >= 0.6 is 0 Å². The Morgan fingerprint density at radius 3 is 2.74 bits per heavy atom. The van der Waals surface area contributed by atoms with E-state index in [-0.39, 0.29) is 0 Å². The van der Waals surface area contributed by atoms with Crippen molar-refractivity contribution in [3.8, 4) is 0 Å². The highest BCUT2D eigenvalue weighted by Crippen LogP contribution is 2.21. The minimum Gasteiger partial charge on any atom is -0.340 e. The Morgan fingerprint density at radius 1 is 1.32 bits per heavy atom. The SMILES string of the molecule is Cc1nc(Cn2nc(C)c(CNC3CC3)c2C)no1. The Labute approximate surface area is 112 Å². The van der Waals surface area contributed by atoms with Gasteiger partial charge in [-0.3, -0.25) is 4.68 Å². The maximum atomic E-state index is 4.99. The van der Waals surface area contributed by atoms with Crippen molar-refractivity contribution in [1.29, 1.82) is 0 Å². The minimum atomic E-state index is 0.563. The van der Waals surface area contributed by atoms with Crippen LogP contribution in [0.4, 0.5) is 0 Å². The highest BCUT2D eigenvalue weighted by Gasteiger charge is 2.22. The lowest BCUT2D eigenvalue weighted by molar-refractivity contribution is 0.385.